The average molecular weight is 454 g/mol. The van der Waals surface area contributed by atoms with Crippen LogP contribution < -0.4 is 14.4 Å². The zero-order valence-electron chi connectivity index (χ0n) is 16.5. The van der Waals surface area contributed by atoms with Gasteiger partial charge in [-0.2, -0.15) is 0 Å². The number of nitrogens with zero attached hydrogens (tertiary/aromatic N) is 3. The van der Waals surface area contributed by atoms with Gasteiger partial charge in [0.15, 0.2) is 6.10 Å². The number of hydrogen-bond donors (Lipinski definition) is 0. The van der Waals surface area contributed by atoms with E-state index in [1.165, 1.54) is 13.2 Å². The van der Waals surface area contributed by atoms with Crippen molar-refractivity contribution in [3.8, 4) is 11.5 Å². The summed E-state index contributed by atoms with van der Waals surface area (Å²) in [5.41, 5.74) is 0.480. The van der Waals surface area contributed by atoms with E-state index in [1.807, 2.05) is 4.90 Å². The van der Waals surface area contributed by atoms with Crippen molar-refractivity contribution < 1.29 is 19.2 Å². The van der Waals surface area contributed by atoms with E-state index in [0.29, 0.717) is 53.4 Å². The zero-order chi connectivity index (χ0) is 21.8. The quantitative estimate of drug-likeness (QED) is 0.484. The van der Waals surface area contributed by atoms with Crippen molar-refractivity contribution in [2.75, 3.05) is 38.2 Å². The smallest absolute Gasteiger partial charge is 0.296 e. The van der Waals surface area contributed by atoms with Crippen LogP contribution in [0.15, 0.2) is 36.4 Å². The van der Waals surface area contributed by atoms with E-state index in [1.54, 1.807) is 42.2 Å². The van der Waals surface area contributed by atoms with Crippen molar-refractivity contribution >= 4 is 40.5 Å². The van der Waals surface area contributed by atoms with Crippen molar-refractivity contribution in [3.63, 3.8) is 0 Å². The lowest BCUT2D eigenvalue weighted by molar-refractivity contribution is -0.384. The lowest BCUT2D eigenvalue weighted by Crippen LogP contribution is -2.52. The molecular weight excluding hydrogens is 433 g/mol. The number of amides is 1. The molecule has 2 aromatic carbocycles. The van der Waals surface area contributed by atoms with Crippen molar-refractivity contribution in [1.82, 2.24) is 4.90 Å². The lowest BCUT2D eigenvalue weighted by Gasteiger charge is -2.36. The van der Waals surface area contributed by atoms with E-state index in [2.05, 4.69) is 0 Å². The van der Waals surface area contributed by atoms with Gasteiger partial charge in [0, 0.05) is 31.2 Å². The van der Waals surface area contributed by atoms with Crippen LogP contribution in [0.1, 0.15) is 6.92 Å². The summed E-state index contributed by atoms with van der Waals surface area (Å²) >= 11 is 12.0. The average Bonchev–Trinajstić information content (AvgIpc) is 2.74. The maximum absolute atomic E-state index is 12.8. The number of nitro benzene ring substituents is 1. The molecule has 160 valence electrons. The molecule has 1 atom stereocenters. The van der Waals surface area contributed by atoms with E-state index < -0.39 is 11.0 Å². The number of ether oxygens (including phenoxy) is 2. The number of hydrogen-bond acceptors (Lipinski definition) is 6. The van der Waals surface area contributed by atoms with Crippen molar-refractivity contribution in [3.05, 3.63) is 56.6 Å². The van der Waals surface area contributed by atoms with Gasteiger partial charge in [0.25, 0.3) is 11.6 Å². The van der Waals surface area contributed by atoms with Gasteiger partial charge in [-0.1, -0.05) is 23.2 Å². The van der Waals surface area contributed by atoms with Crippen LogP contribution in [0.25, 0.3) is 0 Å². The highest BCUT2D eigenvalue weighted by atomic mass is 35.5. The van der Waals surface area contributed by atoms with E-state index in [0.717, 1.165) is 0 Å². The summed E-state index contributed by atoms with van der Waals surface area (Å²) in [5, 5.41) is 12.3. The SMILES string of the molecule is COc1ccc(N2CCN(C(=O)[C@H](C)Oc3ccc(Cl)cc3Cl)CC2)c([N+](=O)[O-])c1. The third-order valence-electron chi connectivity index (χ3n) is 4.86. The molecule has 10 heteroatoms. The Morgan fingerprint density at radius 1 is 1.13 bits per heavy atom. The Balaban J connectivity index is 1.64. The third kappa shape index (κ3) is 4.88. The zero-order valence-corrected chi connectivity index (χ0v) is 18.0. The number of methoxy groups -OCH3 is 1. The molecule has 0 bridgehead atoms. The molecule has 0 spiro atoms. The van der Waals surface area contributed by atoms with Gasteiger partial charge in [-0.05, 0) is 37.3 Å². The molecule has 8 nitrogen and oxygen atoms in total. The number of halogens is 2. The molecule has 3 rings (SSSR count). The summed E-state index contributed by atoms with van der Waals surface area (Å²) < 4.78 is 10.8. The Kier molecular flexibility index (Phi) is 6.89. The molecule has 0 N–H and O–H groups in total. The molecule has 0 unspecified atom stereocenters. The second kappa shape index (κ2) is 9.40. The second-order valence-corrected chi connectivity index (χ2v) is 7.60. The summed E-state index contributed by atoms with van der Waals surface area (Å²) in [4.78, 5) is 27.4. The summed E-state index contributed by atoms with van der Waals surface area (Å²) in [6.07, 6.45) is -0.731. The fourth-order valence-electron chi connectivity index (χ4n) is 3.28. The number of nitro groups is 1. The lowest BCUT2D eigenvalue weighted by atomic mass is 10.2. The summed E-state index contributed by atoms with van der Waals surface area (Å²) in [5.74, 6) is 0.630. The van der Waals surface area contributed by atoms with Gasteiger partial charge in [-0.3, -0.25) is 14.9 Å². The standard InChI is InChI=1S/C20H21Cl2N3O5/c1-13(30-19-6-3-14(21)11-16(19)22)20(26)24-9-7-23(8-10-24)17-5-4-15(29-2)12-18(17)25(27)28/h3-6,11-13H,7-10H2,1-2H3/t13-/m0/s1. The van der Waals surface area contributed by atoms with Crippen LogP contribution in [0.5, 0.6) is 11.5 Å². The maximum Gasteiger partial charge on any atom is 0.296 e. The molecule has 1 saturated heterocycles. The van der Waals surface area contributed by atoms with Crippen LogP contribution >= 0.6 is 23.2 Å². The summed E-state index contributed by atoms with van der Waals surface area (Å²) in [7, 11) is 1.46. The second-order valence-electron chi connectivity index (χ2n) is 6.76. The van der Waals surface area contributed by atoms with Crippen LogP contribution in [-0.2, 0) is 4.79 Å². The minimum atomic E-state index is -0.731. The van der Waals surface area contributed by atoms with Crippen molar-refractivity contribution in [1.29, 1.82) is 0 Å². The number of carbonyl (C=O) groups is 1. The summed E-state index contributed by atoms with van der Waals surface area (Å²) in [6.45, 7) is 3.43. The number of anilines is 1. The van der Waals surface area contributed by atoms with Crippen LogP contribution in [0.4, 0.5) is 11.4 Å². The highest BCUT2D eigenvalue weighted by Crippen LogP contribution is 2.33. The molecule has 1 fully saturated rings. The molecule has 1 amide bonds. The predicted octanol–water partition coefficient (Wildman–Crippen LogP) is 4.03. The van der Waals surface area contributed by atoms with Gasteiger partial charge in [-0.25, -0.2) is 0 Å². The fourth-order valence-corrected chi connectivity index (χ4v) is 3.73. The van der Waals surface area contributed by atoms with E-state index in [-0.39, 0.29) is 11.6 Å². The van der Waals surface area contributed by atoms with E-state index in [4.69, 9.17) is 32.7 Å². The largest absolute Gasteiger partial charge is 0.496 e. The highest BCUT2D eigenvalue weighted by Gasteiger charge is 2.29. The van der Waals surface area contributed by atoms with Crippen LogP contribution in [0, 0.1) is 10.1 Å². The van der Waals surface area contributed by atoms with E-state index in [9.17, 15) is 14.9 Å². The first-order valence-electron chi connectivity index (χ1n) is 9.28. The Morgan fingerprint density at radius 2 is 1.83 bits per heavy atom. The maximum atomic E-state index is 12.8. The fraction of sp³-hybridized carbons (Fsp3) is 0.350. The monoisotopic (exact) mass is 453 g/mol. The van der Waals surface area contributed by atoms with Gasteiger partial charge in [0.05, 0.1) is 23.1 Å². The van der Waals surface area contributed by atoms with Gasteiger partial charge >= 0.3 is 0 Å². The first kappa shape index (κ1) is 22.0. The molecule has 1 aliphatic heterocycles. The molecule has 1 aliphatic rings. The molecule has 30 heavy (non-hydrogen) atoms. The molecule has 0 aromatic heterocycles. The number of benzene rings is 2. The molecule has 0 aliphatic carbocycles. The molecule has 1 heterocycles. The first-order chi connectivity index (χ1) is 14.3. The van der Waals surface area contributed by atoms with Gasteiger partial charge in [0.2, 0.25) is 0 Å². The molecular formula is C20H21Cl2N3O5. The Labute approximate surface area is 184 Å². The van der Waals surface area contributed by atoms with Crippen LogP contribution in [-0.4, -0.2) is 55.1 Å². The number of carbonyl (C=O) groups excluding carboxylic acids is 1. The predicted molar refractivity (Wildman–Crippen MR) is 115 cm³/mol. The van der Waals surface area contributed by atoms with Crippen molar-refractivity contribution in [2.24, 2.45) is 0 Å². The first-order valence-corrected chi connectivity index (χ1v) is 10.0. The minimum Gasteiger partial charge on any atom is -0.496 e. The van der Waals surface area contributed by atoms with Gasteiger partial charge in [0.1, 0.15) is 17.2 Å². The normalized spacial score (nSPS) is 14.9. The van der Waals surface area contributed by atoms with Crippen LogP contribution in [0.3, 0.4) is 0 Å². The van der Waals surface area contributed by atoms with Crippen molar-refractivity contribution in [2.45, 2.75) is 13.0 Å². The Bertz CT molecular complexity index is 948. The van der Waals surface area contributed by atoms with E-state index >= 15 is 0 Å². The Morgan fingerprint density at radius 3 is 2.43 bits per heavy atom. The van der Waals surface area contributed by atoms with Gasteiger partial charge < -0.3 is 19.3 Å². The topological polar surface area (TPSA) is 85.2 Å². The number of piperazine rings is 1. The number of rotatable bonds is 6. The highest BCUT2D eigenvalue weighted by molar-refractivity contribution is 6.35. The third-order valence-corrected chi connectivity index (χ3v) is 5.39. The summed E-state index contributed by atoms with van der Waals surface area (Å²) in [6, 6.07) is 9.57. The Hall–Kier alpha value is -2.71. The molecule has 2 aromatic rings. The van der Waals surface area contributed by atoms with Crippen LogP contribution in [0.2, 0.25) is 10.0 Å². The van der Waals surface area contributed by atoms with Gasteiger partial charge in [-0.15, -0.1) is 0 Å². The minimum absolute atomic E-state index is 0.0248. The molecule has 0 radical (unpaired) electrons. The molecule has 0 saturated carbocycles.